The van der Waals surface area contributed by atoms with Crippen molar-refractivity contribution in [2.75, 3.05) is 49.8 Å². The molecule has 164 valence electrons. The zero-order valence-corrected chi connectivity index (χ0v) is 18.6. The number of amides is 1. The van der Waals surface area contributed by atoms with Crippen LogP contribution in [0, 0.1) is 0 Å². The van der Waals surface area contributed by atoms with E-state index < -0.39 is 5.41 Å². The molecule has 0 aliphatic carbocycles. The largest absolute Gasteiger partial charge is 0.497 e. The van der Waals surface area contributed by atoms with Crippen LogP contribution in [0.25, 0.3) is 0 Å². The Balaban J connectivity index is 1.37. The molecule has 8 heteroatoms. The number of nitrogens with zero attached hydrogens (tertiary/aromatic N) is 3. The zero-order chi connectivity index (χ0) is 21.7. The number of aromatic nitrogens is 1. The van der Waals surface area contributed by atoms with E-state index in [2.05, 4.69) is 9.88 Å². The minimum Gasteiger partial charge on any atom is -0.497 e. The Labute approximate surface area is 190 Å². The van der Waals surface area contributed by atoms with Crippen molar-refractivity contribution in [1.82, 2.24) is 4.98 Å². The van der Waals surface area contributed by atoms with Crippen LogP contribution in [0.1, 0.15) is 16.0 Å². The molecular weight excluding hydrogens is 426 g/mol. The van der Waals surface area contributed by atoms with Crippen LogP contribution in [0.4, 0.5) is 10.8 Å². The fraction of sp³-hybridized carbons (Fsp3) is 0.333. The standard InChI is InChI=1S/C24H23N3O4S/c1-29-16-6-7-21-19(12-16)24(15-31-21)18-4-2-3-5-20(18)27(22(24)28)14-17-13-25-23(32-17)26-8-10-30-11-9-26/h2-7,12-13H,8-11,14-15H2,1H3. The maximum absolute atomic E-state index is 14.0. The highest BCUT2D eigenvalue weighted by Crippen LogP contribution is 2.53. The third-order valence-electron chi connectivity index (χ3n) is 6.49. The van der Waals surface area contributed by atoms with E-state index in [1.807, 2.05) is 53.6 Å². The molecule has 1 spiro atoms. The summed E-state index contributed by atoms with van der Waals surface area (Å²) in [7, 11) is 1.64. The van der Waals surface area contributed by atoms with E-state index in [0.29, 0.717) is 13.2 Å². The van der Waals surface area contributed by atoms with Crippen molar-refractivity contribution in [2.45, 2.75) is 12.0 Å². The van der Waals surface area contributed by atoms with Crippen molar-refractivity contribution in [3.63, 3.8) is 0 Å². The molecule has 1 saturated heterocycles. The van der Waals surface area contributed by atoms with Gasteiger partial charge in [-0.15, -0.1) is 11.3 Å². The lowest BCUT2D eigenvalue weighted by Crippen LogP contribution is -2.42. The van der Waals surface area contributed by atoms with Gasteiger partial charge in [0, 0.05) is 35.4 Å². The number of benzene rings is 2. The average Bonchev–Trinajstić information content (AvgIpc) is 3.53. The third-order valence-corrected chi connectivity index (χ3v) is 7.54. The Morgan fingerprint density at radius 1 is 1.16 bits per heavy atom. The highest BCUT2D eigenvalue weighted by atomic mass is 32.1. The molecule has 1 fully saturated rings. The lowest BCUT2D eigenvalue weighted by Gasteiger charge is -2.26. The number of carbonyl (C=O) groups is 1. The summed E-state index contributed by atoms with van der Waals surface area (Å²) in [6.45, 7) is 3.91. The summed E-state index contributed by atoms with van der Waals surface area (Å²) in [5.41, 5.74) is 1.93. The van der Waals surface area contributed by atoms with Gasteiger partial charge in [-0.2, -0.15) is 0 Å². The molecule has 4 heterocycles. The summed E-state index contributed by atoms with van der Waals surface area (Å²) in [5.74, 6) is 1.49. The Morgan fingerprint density at radius 3 is 2.84 bits per heavy atom. The second-order valence-corrected chi connectivity index (χ2v) is 9.27. The summed E-state index contributed by atoms with van der Waals surface area (Å²) < 4.78 is 16.9. The van der Waals surface area contributed by atoms with E-state index in [1.54, 1.807) is 18.4 Å². The van der Waals surface area contributed by atoms with Crippen molar-refractivity contribution >= 4 is 28.1 Å². The van der Waals surface area contributed by atoms with Crippen LogP contribution >= 0.6 is 11.3 Å². The Kier molecular flexibility index (Phi) is 4.58. The van der Waals surface area contributed by atoms with Gasteiger partial charge in [0.1, 0.15) is 23.5 Å². The number of thiazole rings is 1. The second kappa shape index (κ2) is 7.50. The molecule has 1 aromatic heterocycles. The van der Waals surface area contributed by atoms with E-state index >= 15 is 0 Å². The summed E-state index contributed by atoms with van der Waals surface area (Å²) >= 11 is 1.64. The van der Waals surface area contributed by atoms with Gasteiger partial charge in [-0.05, 0) is 29.8 Å². The molecule has 0 N–H and O–H groups in total. The average molecular weight is 450 g/mol. The van der Waals surface area contributed by atoms with E-state index in [4.69, 9.17) is 14.2 Å². The normalized spacial score (nSPS) is 21.6. The number of hydrogen-bond acceptors (Lipinski definition) is 7. The number of ether oxygens (including phenoxy) is 3. The molecule has 3 aromatic rings. The van der Waals surface area contributed by atoms with E-state index in [0.717, 1.165) is 64.6 Å². The van der Waals surface area contributed by atoms with Crippen molar-refractivity contribution in [2.24, 2.45) is 0 Å². The first-order valence-corrected chi connectivity index (χ1v) is 11.5. The smallest absolute Gasteiger partial charge is 0.246 e. The second-order valence-electron chi connectivity index (χ2n) is 8.17. The van der Waals surface area contributed by atoms with Crippen LogP contribution in [-0.2, 0) is 21.5 Å². The number of fused-ring (bicyclic) bond motifs is 4. The van der Waals surface area contributed by atoms with E-state index in [-0.39, 0.29) is 5.91 Å². The van der Waals surface area contributed by atoms with Gasteiger partial charge in [0.05, 0.1) is 26.9 Å². The summed E-state index contributed by atoms with van der Waals surface area (Å²) in [6.07, 6.45) is 1.89. The summed E-state index contributed by atoms with van der Waals surface area (Å²) in [5, 5.41) is 0.984. The van der Waals surface area contributed by atoms with Crippen LogP contribution in [0.5, 0.6) is 11.5 Å². The number of morpholine rings is 1. The predicted octanol–water partition coefficient (Wildman–Crippen LogP) is 3.21. The molecule has 2 aromatic carbocycles. The fourth-order valence-electron chi connectivity index (χ4n) is 4.87. The number of para-hydroxylation sites is 1. The van der Waals surface area contributed by atoms with Crippen molar-refractivity contribution in [3.8, 4) is 11.5 Å². The molecule has 32 heavy (non-hydrogen) atoms. The maximum atomic E-state index is 14.0. The molecule has 6 rings (SSSR count). The SMILES string of the molecule is COc1ccc2c(c1)C1(CO2)C(=O)N(Cc2cnc(N3CCOCC3)s2)c2ccccc21. The van der Waals surface area contributed by atoms with E-state index in [9.17, 15) is 4.79 Å². The quantitative estimate of drug-likeness (QED) is 0.610. The Hall–Kier alpha value is -3.10. The molecular formula is C24H23N3O4S. The van der Waals surface area contributed by atoms with Gasteiger partial charge < -0.3 is 24.0 Å². The Morgan fingerprint density at radius 2 is 2.00 bits per heavy atom. The van der Waals surface area contributed by atoms with Crippen LogP contribution in [0.3, 0.4) is 0 Å². The van der Waals surface area contributed by atoms with Gasteiger partial charge in [-0.3, -0.25) is 4.79 Å². The Bertz CT molecular complexity index is 1190. The third kappa shape index (κ3) is 2.83. The lowest BCUT2D eigenvalue weighted by molar-refractivity contribution is -0.122. The van der Waals surface area contributed by atoms with Crippen molar-refractivity contribution in [3.05, 3.63) is 64.7 Å². The van der Waals surface area contributed by atoms with Gasteiger partial charge in [0.25, 0.3) is 0 Å². The van der Waals surface area contributed by atoms with Gasteiger partial charge in [0.2, 0.25) is 5.91 Å². The molecule has 0 bridgehead atoms. The van der Waals surface area contributed by atoms with Crippen LogP contribution in [0.2, 0.25) is 0 Å². The minimum atomic E-state index is -0.849. The van der Waals surface area contributed by atoms with Gasteiger partial charge in [-0.25, -0.2) is 4.98 Å². The van der Waals surface area contributed by atoms with Crippen LogP contribution < -0.4 is 19.3 Å². The minimum absolute atomic E-state index is 0.0343. The maximum Gasteiger partial charge on any atom is 0.246 e. The molecule has 7 nitrogen and oxygen atoms in total. The number of rotatable bonds is 4. The monoisotopic (exact) mass is 449 g/mol. The number of carbonyl (C=O) groups excluding carboxylic acids is 1. The first kappa shape index (κ1) is 19.6. The van der Waals surface area contributed by atoms with Gasteiger partial charge >= 0.3 is 0 Å². The fourth-order valence-corrected chi connectivity index (χ4v) is 5.82. The molecule has 0 saturated carbocycles. The van der Waals surface area contributed by atoms with Crippen molar-refractivity contribution < 1.29 is 19.0 Å². The molecule has 1 amide bonds. The molecule has 3 aliphatic rings. The van der Waals surface area contributed by atoms with Crippen LogP contribution in [-0.4, -0.2) is 50.9 Å². The van der Waals surface area contributed by atoms with Gasteiger partial charge in [0.15, 0.2) is 5.13 Å². The summed E-state index contributed by atoms with van der Waals surface area (Å²) in [4.78, 5) is 23.8. The van der Waals surface area contributed by atoms with Gasteiger partial charge in [-0.1, -0.05) is 18.2 Å². The number of methoxy groups -OCH3 is 1. The molecule has 1 unspecified atom stereocenters. The number of anilines is 2. The zero-order valence-electron chi connectivity index (χ0n) is 17.7. The first-order valence-electron chi connectivity index (χ1n) is 10.7. The summed E-state index contributed by atoms with van der Waals surface area (Å²) in [6, 6.07) is 13.7. The number of hydrogen-bond donors (Lipinski definition) is 0. The first-order chi connectivity index (χ1) is 15.7. The van der Waals surface area contributed by atoms with Crippen molar-refractivity contribution in [1.29, 1.82) is 0 Å². The molecule has 3 aliphatic heterocycles. The highest BCUT2D eigenvalue weighted by molar-refractivity contribution is 7.15. The van der Waals surface area contributed by atoms with Crippen LogP contribution in [0.15, 0.2) is 48.7 Å². The van der Waals surface area contributed by atoms with E-state index in [1.165, 1.54) is 0 Å². The highest BCUT2D eigenvalue weighted by Gasteiger charge is 2.57. The molecule has 1 atom stereocenters. The lowest BCUT2D eigenvalue weighted by atomic mass is 9.77. The topological polar surface area (TPSA) is 64.1 Å². The predicted molar refractivity (Wildman–Crippen MR) is 122 cm³/mol. The molecule has 0 radical (unpaired) electrons.